The third kappa shape index (κ3) is 3.62. The molecule has 0 spiro atoms. The zero-order valence-corrected chi connectivity index (χ0v) is 16.1. The molecular formula is C21H25N5O2. The van der Waals surface area contributed by atoms with Crippen molar-refractivity contribution >= 4 is 11.8 Å². The SMILES string of the molecule is CCCc1cncnc1-c1cccc(C(=O)N2CCN3CCNC(=O)[C@@H]3C2)c1. The van der Waals surface area contributed by atoms with Crippen LogP contribution in [0, 0.1) is 0 Å². The summed E-state index contributed by atoms with van der Waals surface area (Å²) in [6.07, 6.45) is 5.30. The van der Waals surface area contributed by atoms with Crippen molar-refractivity contribution in [3.8, 4) is 11.3 Å². The number of hydrogen-bond acceptors (Lipinski definition) is 5. The fourth-order valence-electron chi connectivity index (χ4n) is 4.01. The Hall–Kier alpha value is -2.80. The fourth-order valence-corrected chi connectivity index (χ4v) is 4.01. The van der Waals surface area contributed by atoms with Crippen LogP contribution in [0.5, 0.6) is 0 Å². The quantitative estimate of drug-likeness (QED) is 0.868. The highest BCUT2D eigenvalue weighted by atomic mass is 16.2. The van der Waals surface area contributed by atoms with E-state index in [0.29, 0.717) is 25.2 Å². The maximum atomic E-state index is 13.1. The Bertz CT molecular complexity index is 885. The van der Waals surface area contributed by atoms with Gasteiger partial charge in [0.15, 0.2) is 0 Å². The second-order valence-corrected chi connectivity index (χ2v) is 7.32. The van der Waals surface area contributed by atoms with Gasteiger partial charge in [-0.2, -0.15) is 0 Å². The average molecular weight is 379 g/mol. The number of aromatic nitrogens is 2. The van der Waals surface area contributed by atoms with E-state index in [1.165, 1.54) is 0 Å². The van der Waals surface area contributed by atoms with E-state index in [0.717, 1.165) is 42.8 Å². The minimum absolute atomic E-state index is 0.0164. The lowest BCUT2D eigenvalue weighted by atomic mass is 10.0. The van der Waals surface area contributed by atoms with Crippen molar-refractivity contribution in [1.29, 1.82) is 0 Å². The van der Waals surface area contributed by atoms with Gasteiger partial charge in [-0.15, -0.1) is 0 Å². The van der Waals surface area contributed by atoms with Crippen molar-refractivity contribution in [1.82, 2.24) is 25.1 Å². The van der Waals surface area contributed by atoms with Crippen molar-refractivity contribution in [2.45, 2.75) is 25.8 Å². The number of piperazine rings is 2. The van der Waals surface area contributed by atoms with Gasteiger partial charge >= 0.3 is 0 Å². The molecule has 146 valence electrons. The number of hydrogen-bond donors (Lipinski definition) is 1. The van der Waals surface area contributed by atoms with Gasteiger partial charge in [0, 0.05) is 50.0 Å². The van der Waals surface area contributed by atoms with E-state index in [1.54, 1.807) is 11.2 Å². The van der Waals surface area contributed by atoms with Crippen LogP contribution in [0.3, 0.4) is 0 Å². The Balaban J connectivity index is 1.56. The number of carbonyl (C=O) groups excluding carboxylic acids is 2. The number of nitrogens with zero attached hydrogens (tertiary/aromatic N) is 4. The van der Waals surface area contributed by atoms with Crippen LogP contribution in [0.2, 0.25) is 0 Å². The average Bonchev–Trinajstić information content (AvgIpc) is 2.74. The monoisotopic (exact) mass is 379 g/mol. The molecular weight excluding hydrogens is 354 g/mol. The van der Waals surface area contributed by atoms with Crippen molar-refractivity contribution in [3.63, 3.8) is 0 Å². The van der Waals surface area contributed by atoms with Crippen molar-refractivity contribution in [2.75, 3.05) is 32.7 Å². The molecule has 0 unspecified atom stereocenters. The summed E-state index contributed by atoms with van der Waals surface area (Å²) in [5.41, 5.74) is 3.51. The van der Waals surface area contributed by atoms with E-state index >= 15 is 0 Å². The maximum Gasteiger partial charge on any atom is 0.253 e. The highest BCUT2D eigenvalue weighted by Crippen LogP contribution is 2.24. The third-order valence-corrected chi connectivity index (χ3v) is 5.47. The van der Waals surface area contributed by atoms with Crippen LogP contribution < -0.4 is 5.32 Å². The second kappa shape index (κ2) is 8.06. The number of aryl methyl sites for hydroxylation is 1. The Kier molecular flexibility index (Phi) is 5.34. The van der Waals surface area contributed by atoms with E-state index < -0.39 is 0 Å². The van der Waals surface area contributed by atoms with Crippen LogP contribution >= 0.6 is 0 Å². The molecule has 2 aliphatic rings. The Morgan fingerprint density at radius 1 is 1.29 bits per heavy atom. The predicted octanol–water partition coefficient (Wildman–Crippen LogP) is 1.35. The molecule has 1 aromatic heterocycles. The van der Waals surface area contributed by atoms with E-state index in [1.807, 2.05) is 30.5 Å². The zero-order chi connectivity index (χ0) is 19.5. The lowest BCUT2D eigenvalue weighted by molar-refractivity contribution is -0.131. The first-order chi connectivity index (χ1) is 13.7. The van der Waals surface area contributed by atoms with Crippen LogP contribution in [-0.4, -0.2) is 70.3 Å². The molecule has 4 rings (SSSR count). The number of benzene rings is 1. The smallest absolute Gasteiger partial charge is 0.253 e. The van der Waals surface area contributed by atoms with E-state index in [4.69, 9.17) is 0 Å². The first-order valence-corrected chi connectivity index (χ1v) is 9.87. The van der Waals surface area contributed by atoms with Gasteiger partial charge < -0.3 is 10.2 Å². The van der Waals surface area contributed by atoms with Gasteiger partial charge in [0.1, 0.15) is 12.4 Å². The summed E-state index contributed by atoms with van der Waals surface area (Å²) < 4.78 is 0. The summed E-state index contributed by atoms with van der Waals surface area (Å²) in [6, 6.07) is 7.36. The summed E-state index contributed by atoms with van der Waals surface area (Å²) in [6.45, 7) is 5.46. The molecule has 2 fully saturated rings. The number of fused-ring (bicyclic) bond motifs is 1. The van der Waals surface area contributed by atoms with Crippen molar-refractivity contribution < 1.29 is 9.59 Å². The number of carbonyl (C=O) groups is 2. The lowest BCUT2D eigenvalue weighted by Gasteiger charge is -2.43. The van der Waals surface area contributed by atoms with Gasteiger partial charge in [-0.25, -0.2) is 9.97 Å². The van der Waals surface area contributed by atoms with Crippen LogP contribution in [0.1, 0.15) is 29.3 Å². The molecule has 28 heavy (non-hydrogen) atoms. The highest BCUT2D eigenvalue weighted by Gasteiger charge is 2.36. The van der Waals surface area contributed by atoms with E-state index in [-0.39, 0.29) is 17.9 Å². The predicted molar refractivity (Wildman–Crippen MR) is 106 cm³/mol. The van der Waals surface area contributed by atoms with Gasteiger partial charge in [0.2, 0.25) is 5.91 Å². The molecule has 1 atom stereocenters. The largest absolute Gasteiger partial charge is 0.353 e. The second-order valence-electron chi connectivity index (χ2n) is 7.32. The summed E-state index contributed by atoms with van der Waals surface area (Å²) in [7, 11) is 0. The minimum atomic E-state index is -0.243. The van der Waals surface area contributed by atoms with Crippen LogP contribution in [0.4, 0.5) is 0 Å². The molecule has 2 aliphatic heterocycles. The molecule has 2 amide bonds. The van der Waals surface area contributed by atoms with Crippen molar-refractivity contribution in [2.24, 2.45) is 0 Å². The Labute approximate surface area is 164 Å². The fraction of sp³-hybridized carbons (Fsp3) is 0.429. The van der Waals surface area contributed by atoms with Crippen molar-refractivity contribution in [3.05, 3.63) is 47.9 Å². The summed E-state index contributed by atoms with van der Waals surface area (Å²) in [5, 5.41) is 2.90. The van der Waals surface area contributed by atoms with Gasteiger partial charge in [0.25, 0.3) is 5.91 Å². The first kappa shape index (κ1) is 18.6. The molecule has 0 bridgehead atoms. The van der Waals surface area contributed by atoms with E-state index in [2.05, 4.69) is 27.1 Å². The summed E-state index contributed by atoms with van der Waals surface area (Å²) in [5.74, 6) is -0.0198. The molecule has 3 heterocycles. The molecule has 7 nitrogen and oxygen atoms in total. The molecule has 0 aliphatic carbocycles. The summed E-state index contributed by atoms with van der Waals surface area (Å²) in [4.78, 5) is 37.8. The minimum Gasteiger partial charge on any atom is -0.353 e. The number of amides is 2. The normalized spacial score (nSPS) is 19.8. The molecule has 2 saturated heterocycles. The zero-order valence-electron chi connectivity index (χ0n) is 16.1. The molecule has 1 aromatic carbocycles. The van der Waals surface area contributed by atoms with Gasteiger partial charge in [-0.05, 0) is 24.1 Å². The summed E-state index contributed by atoms with van der Waals surface area (Å²) >= 11 is 0. The third-order valence-electron chi connectivity index (χ3n) is 5.47. The lowest BCUT2D eigenvalue weighted by Crippen LogP contribution is -2.64. The van der Waals surface area contributed by atoms with E-state index in [9.17, 15) is 9.59 Å². The molecule has 2 aromatic rings. The molecule has 7 heteroatoms. The Morgan fingerprint density at radius 2 is 2.18 bits per heavy atom. The molecule has 0 saturated carbocycles. The molecule has 0 radical (unpaired) electrons. The first-order valence-electron chi connectivity index (χ1n) is 9.87. The maximum absolute atomic E-state index is 13.1. The van der Waals surface area contributed by atoms with Gasteiger partial charge in [0.05, 0.1) is 5.69 Å². The van der Waals surface area contributed by atoms with Gasteiger partial charge in [-0.1, -0.05) is 25.5 Å². The standard InChI is InChI=1S/C21H25N5O2/c1-2-4-17-12-22-14-24-19(17)15-5-3-6-16(11-15)21(28)26-10-9-25-8-7-23-20(27)18(25)13-26/h3,5-6,11-12,14,18H,2,4,7-10,13H2,1H3,(H,23,27)/t18-/m0/s1. The van der Waals surface area contributed by atoms with Crippen LogP contribution in [-0.2, 0) is 11.2 Å². The van der Waals surface area contributed by atoms with Gasteiger partial charge in [-0.3, -0.25) is 14.5 Å². The topological polar surface area (TPSA) is 78.4 Å². The number of nitrogens with one attached hydrogen (secondary N) is 1. The Morgan fingerprint density at radius 3 is 3.04 bits per heavy atom. The molecule has 1 N–H and O–H groups in total. The van der Waals surface area contributed by atoms with Crippen LogP contribution in [0.25, 0.3) is 11.3 Å². The number of rotatable bonds is 4. The highest BCUT2D eigenvalue weighted by molar-refractivity contribution is 5.96. The van der Waals surface area contributed by atoms with Crippen LogP contribution in [0.15, 0.2) is 36.8 Å².